The van der Waals surface area contributed by atoms with Crippen LogP contribution in [0.3, 0.4) is 0 Å². The lowest BCUT2D eigenvalue weighted by Gasteiger charge is -2.04. The zero-order chi connectivity index (χ0) is 12.5. The van der Waals surface area contributed by atoms with Gasteiger partial charge < -0.3 is 20.5 Å². The number of methoxy groups -OCH3 is 1. The number of hydrogen-bond donors (Lipinski definition) is 2. The van der Waals surface area contributed by atoms with Crippen molar-refractivity contribution in [3.05, 3.63) is 5.01 Å². The molecule has 7 nitrogen and oxygen atoms in total. The first-order valence-corrected chi connectivity index (χ1v) is 5.99. The summed E-state index contributed by atoms with van der Waals surface area (Å²) < 4.78 is 10.1. The average Bonchev–Trinajstić information content (AvgIpc) is 2.74. The van der Waals surface area contributed by atoms with Gasteiger partial charge in [-0.1, -0.05) is 11.3 Å². The van der Waals surface area contributed by atoms with Crippen LogP contribution in [0.1, 0.15) is 16.2 Å². The van der Waals surface area contributed by atoms with Gasteiger partial charge in [0.05, 0.1) is 13.2 Å². The molecule has 1 amide bonds. The molecule has 0 unspecified atom stereocenters. The number of nitrogens with one attached hydrogen (secondary N) is 1. The highest BCUT2D eigenvalue weighted by molar-refractivity contribution is 7.16. The normalized spacial score (nSPS) is 10.4. The lowest BCUT2D eigenvalue weighted by Crippen LogP contribution is -2.25. The number of anilines is 1. The highest BCUT2D eigenvalue weighted by Crippen LogP contribution is 2.09. The molecule has 1 aromatic heterocycles. The van der Waals surface area contributed by atoms with Crippen LogP contribution in [0.25, 0.3) is 0 Å². The van der Waals surface area contributed by atoms with Gasteiger partial charge in [0.1, 0.15) is 0 Å². The maximum atomic E-state index is 11.5. The van der Waals surface area contributed by atoms with Crippen molar-refractivity contribution in [2.75, 3.05) is 39.2 Å². The molecule has 0 saturated heterocycles. The fraction of sp³-hybridized carbons (Fsp3) is 0.667. The Morgan fingerprint density at radius 1 is 1.41 bits per heavy atom. The van der Waals surface area contributed by atoms with Crippen LogP contribution in [0.2, 0.25) is 0 Å². The van der Waals surface area contributed by atoms with E-state index in [4.69, 9.17) is 15.2 Å². The molecule has 0 atom stereocenters. The largest absolute Gasteiger partial charge is 0.382 e. The molecule has 3 N–H and O–H groups in total. The second kappa shape index (κ2) is 7.93. The minimum Gasteiger partial charge on any atom is -0.382 e. The van der Waals surface area contributed by atoms with E-state index in [1.807, 2.05) is 0 Å². The molecule has 0 aromatic carbocycles. The lowest BCUT2D eigenvalue weighted by atomic mass is 10.4. The van der Waals surface area contributed by atoms with E-state index in [9.17, 15) is 4.79 Å². The van der Waals surface area contributed by atoms with Crippen LogP contribution in [0.5, 0.6) is 0 Å². The molecular weight excluding hydrogens is 244 g/mol. The van der Waals surface area contributed by atoms with E-state index in [0.717, 1.165) is 17.8 Å². The van der Waals surface area contributed by atoms with Gasteiger partial charge in [-0.3, -0.25) is 4.79 Å². The van der Waals surface area contributed by atoms with Gasteiger partial charge in [0.15, 0.2) is 0 Å². The summed E-state index contributed by atoms with van der Waals surface area (Å²) in [6, 6.07) is 0. The molecule has 0 radical (unpaired) electrons. The van der Waals surface area contributed by atoms with E-state index in [-0.39, 0.29) is 16.0 Å². The van der Waals surface area contributed by atoms with Crippen LogP contribution in [-0.4, -0.2) is 49.6 Å². The van der Waals surface area contributed by atoms with Gasteiger partial charge in [-0.05, 0) is 6.42 Å². The Labute approximate surface area is 103 Å². The minimum atomic E-state index is -0.254. The van der Waals surface area contributed by atoms with Gasteiger partial charge in [0.25, 0.3) is 5.91 Å². The number of carbonyl (C=O) groups is 1. The zero-order valence-electron chi connectivity index (χ0n) is 9.64. The van der Waals surface area contributed by atoms with E-state index in [0.29, 0.717) is 26.4 Å². The van der Waals surface area contributed by atoms with Crippen LogP contribution in [0.4, 0.5) is 5.13 Å². The van der Waals surface area contributed by atoms with Crippen LogP contribution < -0.4 is 11.1 Å². The summed E-state index contributed by atoms with van der Waals surface area (Å²) >= 11 is 1.07. The van der Waals surface area contributed by atoms with Gasteiger partial charge >= 0.3 is 0 Å². The number of hydrogen-bond acceptors (Lipinski definition) is 7. The molecule has 1 aromatic rings. The van der Waals surface area contributed by atoms with Crippen molar-refractivity contribution in [2.24, 2.45) is 0 Å². The second-order valence-corrected chi connectivity index (χ2v) is 4.17. The minimum absolute atomic E-state index is 0.254. The monoisotopic (exact) mass is 260 g/mol. The molecule has 0 saturated carbocycles. The number of aromatic nitrogens is 2. The molecule has 1 heterocycles. The molecule has 8 heteroatoms. The average molecular weight is 260 g/mol. The second-order valence-electron chi connectivity index (χ2n) is 3.16. The summed E-state index contributed by atoms with van der Waals surface area (Å²) in [7, 11) is 1.62. The van der Waals surface area contributed by atoms with E-state index >= 15 is 0 Å². The van der Waals surface area contributed by atoms with Crippen LogP contribution in [0, 0.1) is 0 Å². The number of carbonyl (C=O) groups excluding carboxylic acids is 1. The quantitative estimate of drug-likeness (QED) is 0.633. The molecule has 0 aliphatic rings. The van der Waals surface area contributed by atoms with Crippen LogP contribution >= 0.6 is 11.3 Å². The maximum Gasteiger partial charge on any atom is 0.282 e. The Balaban J connectivity index is 2.05. The third kappa shape index (κ3) is 5.57. The van der Waals surface area contributed by atoms with Gasteiger partial charge in [0, 0.05) is 20.3 Å². The first kappa shape index (κ1) is 13.8. The molecule has 1 rings (SSSR count). The topological polar surface area (TPSA) is 99.4 Å². The first-order chi connectivity index (χ1) is 8.24. The summed E-state index contributed by atoms with van der Waals surface area (Å²) in [5, 5.41) is 10.5. The maximum absolute atomic E-state index is 11.5. The van der Waals surface area contributed by atoms with Gasteiger partial charge in [0.2, 0.25) is 10.1 Å². The fourth-order valence-electron chi connectivity index (χ4n) is 1.02. The molecule has 0 aliphatic heterocycles. The van der Waals surface area contributed by atoms with Gasteiger partial charge in [-0.2, -0.15) is 0 Å². The Morgan fingerprint density at radius 3 is 2.88 bits per heavy atom. The Kier molecular flexibility index (Phi) is 6.45. The number of nitrogen functional groups attached to an aromatic ring is 1. The summed E-state index contributed by atoms with van der Waals surface area (Å²) in [5.41, 5.74) is 5.37. The summed E-state index contributed by atoms with van der Waals surface area (Å²) in [5.74, 6) is -0.254. The molecule has 0 aliphatic carbocycles. The summed E-state index contributed by atoms with van der Waals surface area (Å²) in [4.78, 5) is 11.5. The fourth-order valence-corrected chi connectivity index (χ4v) is 1.55. The van der Waals surface area contributed by atoms with E-state index in [1.165, 1.54) is 0 Å². The standard InChI is InChI=1S/C9H16N4O3S/c1-15-5-6-16-4-2-3-11-7(14)8-12-13-9(10)17-8/h2-6H2,1H3,(H2,10,13)(H,11,14). The predicted octanol–water partition coefficient (Wildman–Crippen LogP) is -0.0968. The molecule has 0 fully saturated rings. The zero-order valence-corrected chi connectivity index (χ0v) is 10.5. The van der Waals surface area contributed by atoms with E-state index in [2.05, 4.69) is 15.5 Å². The molecule has 17 heavy (non-hydrogen) atoms. The SMILES string of the molecule is COCCOCCCNC(=O)c1nnc(N)s1. The Hall–Kier alpha value is -1.25. The number of amides is 1. The number of rotatable bonds is 8. The van der Waals surface area contributed by atoms with Crippen molar-refractivity contribution in [1.29, 1.82) is 0 Å². The van der Waals surface area contributed by atoms with Crippen molar-refractivity contribution in [1.82, 2.24) is 15.5 Å². The van der Waals surface area contributed by atoms with Gasteiger partial charge in [-0.15, -0.1) is 10.2 Å². The van der Waals surface area contributed by atoms with E-state index in [1.54, 1.807) is 7.11 Å². The Morgan fingerprint density at radius 2 is 2.24 bits per heavy atom. The van der Waals surface area contributed by atoms with Crippen molar-refractivity contribution in [3.63, 3.8) is 0 Å². The van der Waals surface area contributed by atoms with Crippen molar-refractivity contribution in [3.8, 4) is 0 Å². The molecular formula is C9H16N4O3S. The third-order valence-corrected chi connectivity index (χ3v) is 2.57. The Bertz CT molecular complexity index is 345. The number of nitrogens with two attached hydrogens (primary N) is 1. The van der Waals surface area contributed by atoms with E-state index < -0.39 is 0 Å². The first-order valence-electron chi connectivity index (χ1n) is 5.18. The van der Waals surface area contributed by atoms with Crippen molar-refractivity contribution < 1.29 is 14.3 Å². The smallest absolute Gasteiger partial charge is 0.282 e. The lowest BCUT2D eigenvalue weighted by molar-refractivity contribution is 0.0688. The predicted molar refractivity (Wildman–Crippen MR) is 64.0 cm³/mol. The third-order valence-electron chi connectivity index (χ3n) is 1.82. The summed E-state index contributed by atoms with van der Waals surface area (Å²) in [6.45, 7) is 2.26. The van der Waals surface area contributed by atoms with Crippen LogP contribution in [0.15, 0.2) is 0 Å². The highest BCUT2D eigenvalue weighted by Gasteiger charge is 2.10. The molecule has 0 bridgehead atoms. The molecule has 96 valence electrons. The molecule has 0 spiro atoms. The number of ether oxygens (including phenoxy) is 2. The highest BCUT2D eigenvalue weighted by atomic mass is 32.1. The van der Waals surface area contributed by atoms with Crippen molar-refractivity contribution >= 4 is 22.4 Å². The van der Waals surface area contributed by atoms with Crippen molar-refractivity contribution in [2.45, 2.75) is 6.42 Å². The van der Waals surface area contributed by atoms with Crippen LogP contribution in [-0.2, 0) is 9.47 Å². The van der Waals surface area contributed by atoms with Gasteiger partial charge in [-0.25, -0.2) is 0 Å². The number of nitrogens with zero attached hydrogens (tertiary/aromatic N) is 2. The summed E-state index contributed by atoms with van der Waals surface area (Å²) in [6.07, 6.45) is 0.740.